The van der Waals surface area contributed by atoms with Crippen LogP contribution in [0.2, 0.25) is 5.02 Å². The quantitative estimate of drug-likeness (QED) is 0.523. The van der Waals surface area contributed by atoms with E-state index in [0.717, 1.165) is 18.2 Å². The molecule has 0 spiro atoms. The number of nitrogens with one attached hydrogen (secondary N) is 3. The molecule has 0 aliphatic carbocycles. The summed E-state index contributed by atoms with van der Waals surface area (Å²) in [5.41, 5.74) is -0.191. The molecule has 0 radical (unpaired) electrons. The normalized spacial score (nSPS) is 18.5. The third-order valence-corrected chi connectivity index (χ3v) is 5.41. The van der Waals surface area contributed by atoms with Crippen LogP contribution in [0.1, 0.15) is 24.0 Å². The van der Waals surface area contributed by atoms with Crippen LogP contribution >= 0.6 is 11.6 Å². The first kappa shape index (κ1) is 24.8. The Morgan fingerprint density at radius 2 is 1.85 bits per heavy atom. The molecule has 2 unspecified atom stereocenters. The van der Waals surface area contributed by atoms with Crippen molar-refractivity contribution in [1.29, 1.82) is 0 Å². The van der Waals surface area contributed by atoms with Gasteiger partial charge in [0.05, 0.1) is 16.6 Å². The molecule has 11 heteroatoms. The fourth-order valence-corrected chi connectivity index (χ4v) is 3.43. The smallest absolute Gasteiger partial charge is 0.416 e. The number of hydrogen-bond donors (Lipinski definition) is 3. The highest BCUT2D eigenvalue weighted by Crippen LogP contribution is 2.29. The van der Waals surface area contributed by atoms with E-state index in [1.165, 1.54) is 24.3 Å². The zero-order valence-electron chi connectivity index (χ0n) is 17.3. The van der Waals surface area contributed by atoms with Gasteiger partial charge in [-0.3, -0.25) is 9.59 Å². The maximum atomic E-state index is 13.4. The van der Waals surface area contributed by atoms with E-state index < -0.39 is 23.6 Å². The van der Waals surface area contributed by atoms with Gasteiger partial charge in [-0.1, -0.05) is 23.7 Å². The van der Waals surface area contributed by atoms with Crippen LogP contribution < -0.4 is 20.7 Å². The van der Waals surface area contributed by atoms with Crippen molar-refractivity contribution in [2.75, 3.05) is 13.2 Å². The number of halogens is 5. The van der Waals surface area contributed by atoms with Crippen LogP contribution in [0.3, 0.4) is 0 Å². The second-order valence-electron chi connectivity index (χ2n) is 7.58. The predicted octanol–water partition coefficient (Wildman–Crippen LogP) is 3.43. The Labute approximate surface area is 192 Å². The van der Waals surface area contributed by atoms with Crippen molar-refractivity contribution in [3.05, 3.63) is 64.4 Å². The van der Waals surface area contributed by atoms with Crippen molar-refractivity contribution < 1.29 is 31.9 Å². The highest BCUT2D eigenvalue weighted by Gasteiger charge is 2.30. The van der Waals surface area contributed by atoms with E-state index in [1.807, 2.05) is 0 Å². The second-order valence-corrected chi connectivity index (χ2v) is 7.99. The predicted molar refractivity (Wildman–Crippen MR) is 113 cm³/mol. The molecule has 0 aromatic heterocycles. The number of carbonyl (C=O) groups is 2. The fourth-order valence-electron chi connectivity index (χ4n) is 3.31. The van der Waals surface area contributed by atoms with Crippen molar-refractivity contribution >= 4 is 23.4 Å². The summed E-state index contributed by atoms with van der Waals surface area (Å²) >= 11 is 5.60. The van der Waals surface area contributed by atoms with Crippen LogP contribution in [0.25, 0.3) is 0 Å². The Kier molecular flexibility index (Phi) is 8.15. The monoisotopic (exact) mass is 487 g/mol. The Bertz CT molecular complexity index is 978. The zero-order chi connectivity index (χ0) is 24.0. The number of alkyl halides is 3. The van der Waals surface area contributed by atoms with Gasteiger partial charge < -0.3 is 20.7 Å². The molecule has 3 rings (SSSR count). The fraction of sp³-hybridized carbons (Fsp3) is 0.364. The van der Waals surface area contributed by atoms with E-state index >= 15 is 0 Å². The third kappa shape index (κ3) is 7.33. The molecule has 2 aromatic carbocycles. The molecule has 2 aromatic rings. The topological polar surface area (TPSA) is 79.5 Å². The minimum Gasteiger partial charge on any atom is -0.484 e. The molecule has 2 atom stereocenters. The van der Waals surface area contributed by atoms with Crippen LogP contribution in [0.4, 0.5) is 17.6 Å². The second kappa shape index (κ2) is 10.8. The number of hydrogen-bond acceptors (Lipinski definition) is 4. The molecular weight excluding hydrogens is 466 g/mol. The van der Waals surface area contributed by atoms with Crippen molar-refractivity contribution in [3.63, 3.8) is 0 Å². The minimum atomic E-state index is -4.40. The van der Waals surface area contributed by atoms with E-state index in [-0.39, 0.29) is 41.8 Å². The first-order valence-corrected chi connectivity index (χ1v) is 10.5. The highest BCUT2D eigenvalue weighted by molar-refractivity contribution is 6.30. The third-order valence-electron chi connectivity index (χ3n) is 5.11. The van der Waals surface area contributed by atoms with Crippen molar-refractivity contribution in [2.45, 2.75) is 37.6 Å². The van der Waals surface area contributed by atoms with Crippen molar-refractivity contribution in [3.8, 4) is 5.75 Å². The highest BCUT2D eigenvalue weighted by atomic mass is 35.5. The molecular formula is C22H22ClF4N3O3. The lowest BCUT2D eigenvalue weighted by Crippen LogP contribution is -2.54. The summed E-state index contributed by atoms with van der Waals surface area (Å²) in [7, 11) is 0. The zero-order valence-corrected chi connectivity index (χ0v) is 18.1. The molecule has 1 fully saturated rings. The van der Waals surface area contributed by atoms with E-state index in [9.17, 15) is 27.2 Å². The molecule has 0 bridgehead atoms. The van der Waals surface area contributed by atoms with Gasteiger partial charge in [-0.25, -0.2) is 4.39 Å². The minimum absolute atomic E-state index is 0.0435. The van der Waals surface area contributed by atoms with Gasteiger partial charge in [0.15, 0.2) is 6.61 Å². The Morgan fingerprint density at radius 1 is 1.12 bits per heavy atom. The molecule has 2 amide bonds. The SMILES string of the molecule is O=C(COc1ccc(Cl)c(F)c1)NC1CCC(C(=O)NCc2ccc(C(F)(F)F)cc2)NC1. The van der Waals surface area contributed by atoms with Gasteiger partial charge in [0, 0.05) is 25.2 Å². The standard InChI is InChI=1S/C22H22ClF4N3O3/c23-17-7-6-16(9-18(17)24)33-12-20(31)30-15-5-8-19(28-11-15)21(32)29-10-13-1-3-14(4-2-13)22(25,26)27/h1-4,6-7,9,15,19,28H,5,8,10-12H2,(H,29,32)(H,30,31). The van der Waals surface area contributed by atoms with E-state index in [4.69, 9.17) is 16.3 Å². The maximum absolute atomic E-state index is 13.4. The van der Waals surface area contributed by atoms with Gasteiger partial charge in [-0.2, -0.15) is 13.2 Å². The largest absolute Gasteiger partial charge is 0.484 e. The van der Waals surface area contributed by atoms with Crippen molar-refractivity contribution in [1.82, 2.24) is 16.0 Å². The Morgan fingerprint density at radius 3 is 2.45 bits per heavy atom. The molecule has 1 saturated heterocycles. The summed E-state index contributed by atoms with van der Waals surface area (Å²) in [5, 5.41) is 8.48. The van der Waals surface area contributed by atoms with E-state index in [1.54, 1.807) is 0 Å². The lowest BCUT2D eigenvalue weighted by molar-refractivity contribution is -0.137. The molecule has 33 heavy (non-hydrogen) atoms. The van der Waals surface area contributed by atoms with Crippen molar-refractivity contribution in [2.24, 2.45) is 0 Å². The first-order valence-electron chi connectivity index (χ1n) is 10.2. The maximum Gasteiger partial charge on any atom is 0.416 e. The lowest BCUT2D eigenvalue weighted by Gasteiger charge is -2.29. The van der Waals surface area contributed by atoms with Crippen LogP contribution in [-0.4, -0.2) is 37.0 Å². The van der Waals surface area contributed by atoms with Crippen LogP contribution in [-0.2, 0) is 22.3 Å². The molecule has 0 saturated carbocycles. The van der Waals surface area contributed by atoms with Crippen LogP contribution in [0.5, 0.6) is 5.75 Å². The lowest BCUT2D eigenvalue weighted by atomic mass is 10.00. The average Bonchev–Trinajstić information content (AvgIpc) is 2.78. The van der Waals surface area contributed by atoms with Gasteiger partial charge in [0.25, 0.3) is 5.91 Å². The number of rotatable bonds is 7. The average molecular weight is 488 g/mol. The van der Waals surface area contributed by atoms with Gasteiger partial charge in [0.1, 0.15) is 11.6 Å². The van der Waals surface area contributed by atoms with Gasteiger partial charge >= 0.3 is 6.18 Å². The number of carbonyl (C=O) groups excluding carboxylic acids is 2. The molecule has 178 valence electrons. The van der Waals surface area contributed by atoms with Crippen LogP contribution in [0.15, 0.2) is 42.5 Å². The van der Waals surface area contributed by atoms with Gasteiger partial charge in [-0.05, 0) is 42.7 Å². The van der Waals surface area contributed by atoms with Gasteiger partial charge in [0.2, 0.25) is 5.91 Å². The summed E-state index contributed by atoms with van der Waals surface area (Å²) in [4.78, 5) is 24.4. The van der Waals surface area contributed by atoms with E-state index in [0.29, 0.717) is 24.9 Å². The van der Waals surface area contributed by atoms with Crippen LogP contribution in [0, 0.1) is 5.82 Å². The molecule has 1 heterocycles. The Hall–Kier alpha value is -2.85. The first-order chi connectivity index (χ1) is 15.6. The summed E-state index contributed by atoms with van der Waals surface area (Å²) in [6, 6.07) is 7.79. The molecule has 1 aliphatic rings. The summed E-state index contributed by atoms with van der Waals surface area (Å²) in [6.07, 6.45) is -3.39. The summed E-state index contributed by atoms with van der Waals surface area (Å²) in [6.45, 7) is 0.173. The van der Waals surface area contributed by atoms with Gasteiger partial charge in [-0.15, -0.1) is 0 Å². The summed E-state index contributed by atoms with van der Waals surface area (Å²) in [5.74, 6) is -1.12. The number of benzene rings is 2. The van der Waals surface area contributed by atoms with E-state index in [2.05, 4.69) is 16.0 Å². The number of ether oxygens (including phenoxy) is 1. The summed E-state index contributed by atoms with van der Waals surface area (Å²) < 4.78 is 56.5. The number of amides is 2. The number of piperidine rings is 1. The molecule has 3 N–H and O–H groups in total. The molecule has 1 aliphatic heterocycles. The Balaban J connectivity index is 1.36. The molecule has 6 nitrogen and oxygen atoms in total.